The standard InChI is InChI=1S/C12H24N2O3.C9H9F3/c1-12(2,3)17-11(16)14-7-6-10(15)9(8-14)13(4)5;1-2-7-4-3-5-8(6-7)9(10,11)12/h9-10,15H,6-8H2,1-5H3;3-6H,2H2,1H3. The molecule has 166 valence electrons. The van der Waals surface area contributed by atoms with E-state index in [-0.39, 0.29) is 18.2 Å². The van der Waals surface area contributed by atoms with E-state index in [4.69, 9.17) is 4.74 Å². The van der Waals surface area contributed by atoms with Crippen LogP contribution in [0.3, 0.4) is 0 Å². The average Bonchev–Trinajstić information content (AvgIpc) is 2.60. The van der Waals surface area contributed by atoms with Crippen molar-refractivity contribution in [3.63, 3.8) is 0 Å². The normalized spacial score (nSPS) is 20.2. The van der Waals surface area contributed by atoms with Crippen LogP contribution in [0.1, 0.15) is 45.2 Å². The Kier molecular flexibility index (Phi) is 8.96. The number of aryl methyl sites for hydroxylation is 1. The number of benzene rings is 1. The molecule has 2 unspecified atom stereocenters. The van der Waals surface area contributed by atoms with Crippen molar-refractivity contribution < 1.29 is 27.8 Å². The van der Waals surface area contributed by atoms with E-state index in [2.05, 4.69) is 0 Å². The molecule has 1 aromatic rings. The van der Waals surface area contributed by atoms with Gasteiger partial charge in [0.15, 0.2) is 0 Å². The van der Waals surface area contributed by atoms with E-state index in [0.717, 1.165) is 6.07 Å². The van der Waals surface area contributed by atoms with Gasteiger partial charge in [-0.05, 0) is 59.3 Å². The number of nitrogens with zero attached hydrogens (tertiary/aromatic N) is 2. The third kappa shape index (κ3) is 8.62. The number of piperidine rings is 1. The number of hydrogen-bond donors (Lipinski definition) is 1. The molecule has 0 radical (unpaired) electrons. The summed E-state index contributed by atoms with van der Waals surface area (Å²) >= 11 is 0. The first-order chi connectivity index (χ1) is 13.2. The van der Waals surface area contributed by atoms with E-state index in [9.17, 15) is 23.1 Å². The predicted molar refractivity (Wildman–Crippen MR) is 107 cm³/mol. The monoisotopic (exact) mass is 418 g/mol. The topological polar surface area (TPSA) is 53.0 Å². The third-order valence-electron chi connectivity index (χ3n) is 4.52. The van der Waals surface area contributed by atoms with Crippen molar-refractivity contribution in [1.82, 2.24) is 9.80 Å². The molecule has 1 saturated heterocycles. The minimum atomic E-state index is -4.22. The van der Waals surface area contributed by atoms with Crippen LogP contribution in [0, 0.1) is 0 Å². The lowest BCUT2D eigenvalue weighted by molar-refractivity contribution is -0.137. The van der Waals surface area contributed by atoms with Crippen molar-refractivity contribution in [3.8, 4) is 0 Å². The Labute approximate surface area is 171 Å². The summed E-state index contributed by atoms with van der Waals surface area (Å²) in [6.07, 6.45) is -3.66. The highest BCUT2D eigenvalue weighted by atomic mass is 19.4. The van der Waals surface area contributed by atoms with E-state index >= 15 is 0 Å². The van der Waals surface area contributed by atoms with Gasteiger partial charge in [-0.1, -0.05) is 25.1 Å². The summed E-state index contributed by atoms with van der Waals surface area (Å²) in [6, 6.07) is 5.37. The first-order valence-electron chi connectivity index (χ1n) is 9.73. The van der Waals surface area contributed by atoms with Gasteiger partial charge in [0.2, 0.25) is 0 Å². The zero-order valence-electron chi connectivity index (χ0n) is 18.1. The molecule has 2 rings (SSSR count). The molecule has 0 aliphatic carbocycles. The first kappa shape index (κ1) is 25.2. The molecule has 29 heavy (non-hydrogen) atoms. The fraction of sp³-hybridized carbons (Fsp3) is 0.667. The van der Waals surface area contributed by atoms with E-state index in [1.807, 2.05) is 46.7 Å². The molecule has 1 aliphatic heterocycles. The van der Waals surface area contributed by atoms with Gasteiger partial charge in [-0.2, -0.15) is 13.2 Å². The maximum atomic E-state index is 12.1. The van der Waals surface area contributed by atoms with Gasteiger partial charge >= 0.3 is 12.3 Å². The highest BCUT2D eigenvalue weighted by Gasteiger charge is 2.33. The van der Waals surface area contributed by atoms with Gasteiger partial charge < -0.3 is 19.6 Å². The summed E-state index contributed by atoms with van der Waals surface area (Å²) in [4.78, 5) is 15.5. The van der Waals surface area contributed by atoms with Crippen LogP contribution in [0.2, 0.25) is 0 Å². The van der Waals surface area contributed by atoms with Gasteiger partial charge in [0.05, 0.1) is 17.7 Å². The highest BCUT2D eigenvalue weighted by molar-refractivity contribution is 5.68. The van der Waals surface area contributed by atoms with Crippen LogP contribution in [0.5, 0.6) is 0 Å². The lowest BCUT2D eigenvalue weighted by atomic mass is 10.0. The number of ether oxygens (including phenoxy) is 1. The van der Waals surface area contributed by atoms with Gasteiger partial charge in [-0.3, -0.25) is 0 Å². The number of aliphatic hydroxyl groups is 1. The molecule has 8 heteroatoms. The van der Waals surface area contributed by atoms with Crippen molar-refractivity contribution in [3.05, 3.63) is 35.4 Å². The molecule has 0 bridgehead atoms. The number of likely N-dealkylation sites (N-methyl/N-ethyl adjacent to an activating group) is 1. The van der Waals surface area contributed by atoms with Crippen LogP contribution in [0.15, 0.2) is 24.3 Å². The third-order valence-corrected chi connectivity index (χ3v) is 4.52. The average molecular weight is 419 g/mol. The van der Waals surface area contributed by atoms with Crippen LogP contribution < -0.4 is 0 Å². The molecule has 1 aliphatic rings. The van der Waals surface area contributed by atoms with Crippen molar-refractivity contribution in [1.29, 1.82) is 0 Å². The Morgan fingerprint density at radius 1 is 1.28 bits per heavy atom. The lowest BCUT2D eigenvalue weighted by Crippen LogP contribution is -2.55. The summed E-state index contributed by atoms with van der Waals surface area (Å²) in [5, 5.41) is 9.85. The fourth-order valence-electron chi connectivity index (χ4n) is 2.89. The summed E-state index contributed by atoms with van der Waals surface area (Å²) in [7, 11) is 3.82. The molecular weight excluding hydrogens is 385 g/mol. The Morgan fingerprint density at radius 3 is 2.38 bits per heavy atom. The molecule has 0 saturated carbocycles. The number of rotatable bonds is 2. The van der Waals surface area contributed by atoms with Gasteiger partial charge in [0.25, 0.3) is 0 Å². The number of aliphatic hydroxyl groups excluding tert-OH is 1. The molecule has 1 heterocycles. The predicted octanol–water partition coefficient (Wildman–Crippen LogP) is 4.19. The summed E-state index contributed by atoms with van der Waals surface area (Å²) in [5.41, 5.74) is -0.326. The van der Waals surface area contributed by atoms with Crippen LogP contribution in [0.25, 0.3) is 0 Å². The molecule has 5 nitrogen and oxygen atoms in total. The summed E-state index contributed by atoms with van der Waals surface area (Å²) in [5.74, 6) is 0. The molecule has 2 atom stereocenters. The van der Waals surface area contributed by atoms with Gasteiger partial charge in [0, 0.05) is 13.1 Å². The van der Waals surface area contributed by atoms with Gasteiger partial charge in [0.1, 0.15) is 5.60 Å². The first-order valence-corrected chi connectivity index (χ1v) is 9.73. The zero-order chi connectivity index (χ0) is 22.4. The Morgan fingerprint density at radius 2 is 1.90 bits per heavy atom. The van der Waals surface area contributed by atoms with Crippen molar-refractivity contribution >= 4 is 6.09 Å². The van der Waals surface area contributed by atoms with E-state index in [1.54, 1.807) is 11.0 Å². The van der Waals surface area contributed by atoms with E-state index < -0.39 is 17.3 Å². The number of carbonyl (C=O) groups is 1. The number of alkyl halides is 3. The minimum Gasteiger partial charge on any atom is -0.444 e. The molecule has 0 spiro atoms. The SMILES string of the molecule is CCc1cccc(C(F)(F)F)c1.CN(C)C1CN(C(=O)OC(C)(C)C)CCC1O. The maximum absolute atomic E-state index is 12.1. The second-order valence-corrected chi connectivity index (χ2v) is 8.37. The Bertz CT molecular complexity index is 657. The number of carbonyl (C=O) groups excluding carboxylic acids is 1. The molecule has 1 amide bonds. The Balaban J connectivity index is 0.000000308. The maximum Gasteiger partial charge on any atom is 0.416 e. The van der Waals surface area contributed by atoms with E-state index in [0.29, 0.717) is 31.5 Å². The largest absolute Gasteiger partial charge is 0.444 e. The molecular formula is C21H33F3N2O3. The second kappa shape index (κ2) is 10.3. The number of hydrogen-bond acceptors (Lipinski definition) is 4. The number of likely N-dealkylation sites (tertiary alicyclic amines) is 1. The van der Waals surface area contributed by atoms with Crippen LogP contribution in [-0.2, 0) is 17.3 Å². The molecule has 1 aromatic carbocycles. The van der Waals surface area contributed by atoms with Crippen molar-refractivity contribution in [2.45, 2.75) is 64.5 Å². The van der Waals surface area contributed by atoms with Crippen LogP contribution in [-0.4, -0.2) is 65.9 Å². The number of amides is 1. The quantitative estimate of drug-likeness (QED) is 0.783. The lowest BCUT2D eigenvalue weighted by Gasteiger charge is -2.39. The van der Waals surface area contributed by atoms with Crippen LogP contribution >= 0.6 is 0 Å². The highest BCUT2D eigenvalue weighted by Crippen LogP contribution is 2.29. The molecule has 1 fully saturated rings. The zero-order valence-corrected chi connectivity index (χ0v) is 18.1. The minimum absolute atomic E-state index is 0.0173. The van der Waals surface area contributed by atoms with Crippen molar-refractivity contribution in [2.24, 2.45) is 0 Å². The number of halogens is 3. The van der Waals surface area contributed by atoms with Crippen LogP contribution in [0.4, 0.5) is 18.0 Å². The second-order valence-electron chi connectivity index (χ2n) is 8.37. The van der Waals surface area contributed by atoms with Crippen molar-refractivity contribution in [2.75, 3.05) is 27.2 Å². The smallest absolute Gasteiger partial charge is 0.416 e. The van der Waals surface area contributed by atoms with E-state index in [1.165, 1.54) is 12.1 Å². The molecule has 0 aromatic heterocycles. The Hall–Kier alpha value is -1.80. The van der Waals surface area contributed by atoms with Gasteiger partial charge in [-0.15, -0.1) is 0 Å². The van der Waals surface area contributed by atoms with Gasteiger partial charge in [-0.25, -0.2) is 4.79 Å². The summed E-state index contributed by atoms with van der Waals surface area (Å²) in [6.45, 7) is 8.46. The summed E-state index contributed by atoms with van der Waals surface area (Å²) < 4.78 is 41.6. The molecule has 1 N–H and O–H groups in total. The fourth-order valence-corrected chi connectivity index (χ4v) is 2.89.